The van der Waals surface area contributed by atoms with E-state index in [0.717, 1.165) is 47.8 Å². The van der Waals surface area contributed by atoms with Gasteiger partial charge in [-0.1, -0.05) is 36.4 Å². The van der Waals surface area contributed by atoms with Crippen LogP contribution in [0.4, 0.5) is 4.79 Å². The van der Waals surface area contributed by atoms with Gasteiger partial charge >= 0.3 is 6.09 Å². The third-order valence-corrected chi connectivity index (χ3v) is 7.88. The Morgan fingerprint density at radius 1 is 1.03 bits per heavy atom. The van der Waals surface area contributed by atoms with Gasteiger partial charge in [0.25, 0.3) is 5.56 Å². The van der Waals surface area contributed by atoms with Crippen LogP contribution in [0.2, 0.25) is 0 Å². The molecule has 2 bridgehead atoms. The molecule has 2 aromatic heterocycles. The van der Waals surface area contributed by atoms with Gasteiger partial charge in [0.1, 0.15) is 18.0 Å². The summed E-state index contributed by atoms with van der Waals surface area (Å²) in [6.07, 6.45) is 5.35. The molecule has 0 spiro atoms. The molecule has 7 heteroatoms. The molecule has 0 aliphatic carbocycles. The molecule has 2 aliphatic heterocycles. The number of hydrogen-bond acceptors (Lipinski definition) is 4. The second kappa shape index (κ2) is 9.63. The topological polar surface area (TPSA) is 65.7 Å². The van der Waals surface area contributed by atoms with Gasteiger partial charge in [-0.3, -0.25) is 14.3 Å². The number of fused-ring (bicyclic) bond motifs is 6. The van der Waals surface area contributed by atoms with E-state index in [2.05, 4.69) is 23.7 Å². The number of carbonyl (C=O) groups excluding carboxylic acids is 1. The molecule has 4 aromatic rings. The number of amides is 1. The molecule has 1 saturated heterocycles. The molecule has 2 atom stereocenters. The molecule has 2 aromatic carbocycles. The lowest BCUT2D eigenvalue weighted by atomic mass is 9.82. The van der Waals surface area contributed by atoms with Crippen molar-refractivity contribution in [1.82, 2.24) is 14.0 Å². The van der Waals surface area contributed by atoms with Gasteiger partial charge in [0, 0.05) is 48.4 Å². The van der Waals surface area contributed by atoms with E-state index in [1.807, 2.05) is 68.1 Å². The summed E-state index contributed by atoms with van der Waals surface area (Å²) in [4.78, 5) is 28.3. The van der Waals surface area contributed by atoms with Crippen molar-refractivity contribution in [2.24, 2.45) is 7.05 Å². The summed E-state index contributed by atoms with van der Waals surface area (Å²) in [5, 5.41) is 1.13. The maximum atomic E-state index is 13.3. The number of aryl methyl sites for hydroxylation is 1. The Labute approximate surface area is 228 Å². The summed E-state index contributed by atoms with van der Waals surface area (Å²) in [5.74, 6) is 0.546. The predicted molar refractivity (Wildman–Crippen MR) is 151 cm³/mol. The third-order valence-electron chi connectivity index (χ3n) is 7.88. The number of hydrogen-bond donors (Lipinski definition) is 0. The lowest BCUT2D eigenvalue weighted by Gasteiger charge is -2.46. The summed E-state index contributed by atoms with van der Waals surface area (Å²) in [7, 11) is 2.09. The van der Waals surface area contributed by atoms with Crippen LogP contribution in [0.5, 0.6) is 5.75 Å². The van der Waals surface area contributed by atoms with E-state index in [-0.39, 0.29) is 23.7 Å². The van der Waals surface area contributed by atoms with Crippen LogP contribution < -0.4 is 10.3 Å². The van der Waals surface area contributed by atoms with Crippen LogP contribution >= 0.6 is 0 Å². The van der Waals surface area contributed by atoms with Crippen LogP contribution in [0.25, 0.3) is 16.6 Å². The summed E-state index contributed by atoms with van der Waals surface area (Å²) in [6, 6.07) is 19.5. The minimum atomic E-state index is -0.533. The van der Waals surface area contributed by atoms with Crippen LogP contribution in [0.15, 0.2) is 71.7 Å². The highest BCUT2D eigenvalue weighted by molar-refractivity contribution is 5.89. The average molecular weight is 526 g/mol. The largest absolute Gasteiger partial charge is 0.489 e. The van der Waals surface area contributed by atoms with Crippen LogP contribution in [-0.2, 0) is 24.8 Å². The number of rotatable bonds is 4. The zero-order chi connectivity index (χ0) is 27.3. The fourth-order valence-electron chi connectivity index (χ4n) is 6.16. The van der Waals surface area contributed by atoms with Gasteiger partial charge in [0.05, 0.1) is 17.2 Å². The molecule has 39 heavy (non-hydrogen) atoms. The summed E-state index contributed by atoms with van der Waals surface area (Å²) < 4.78 is 15.6. The molecule has 2 unspecified atom stereocenters. The molecular weight excluding hydrogens is 490 g/mol. The number of benzene rings is 2. The van der Waals surface area contributed by atoms with Crippen molar-refractivity contribution >= 4 is 17.0 Å². The van der Waals surface area contributed by atoms with E-state index in [0.29, 0.717) is 12.4 Å². The molecule has 0 saturated carbocycles. The first kappa shape index (κ1) is 25.3. The number of piperidine rings is 1. The van der Waals surface area contributed by atoms with Gasteiger partial charge in [0.15, 0.2) is 0 Å². The van der Waals surface area contributed by atoms with E-state index < -0.39 is 5.60 Å². The Balaban J connectivity index is 1.32. The molecular formula is C32H35N3O4. The minimum Gasteiger partial charge on any atom is -0.489 e. The third kappa shape index (κ3) is 4.71. The van der Waals surface area contributed by atoms with E-state index in [4.69, 9.17) is 9.47 Å². The van der Waals surface area contributed by atoms with Crippen molar-refractivity contribution < 1.29 is 14.3 Å². The Morgan fingerprint density at radius 3 is 2.56 bits per heavy atom. The first-order valence-electron chi connectivity index (χ1n) is 13.7. The van der Waals surface area contributed by atoms with Crippen molar-refractivity contribution in [3.05, 3.63) is 94.0 Å². The van der Waals surface area contributed by atoms with Gasteiger partial charge in [-0.15, -0.1) is 0 Å². The van der Waals surface area contributed by atoms with Crippen LogP contribution in [0.3, 0.4) is 0 Å². The molecule has 0 N–H and O–H groups in total. The number of carbonyl (C=O) groups is 1. The SMILES string of the molecule is Cn1c2c(c3ccc(-n4ccc(OCc5ccccc5)cc4=O)cc31)C1CCCC(C2)N1C(=O)OC(C)(C)C. The van der Waals surface area contributed by atoms with Crippen molar-refractivity contribution in [2.75, 3.05) is 0 Å². The highest BCUT2D eigenvalue weighted by Gasteiger charge is 2.44. The molecule has 1 fully saturated rings. The standard InChI is InChI=1S/C32H35N3O4/c1-32(2,3)39-31(37)35-23-11-8-12-26(35)30-25-14-13-22(17-27(25)33(4)28(30)18-23)34-16-15-24(19-29(34)36)38-20-21-9-6-5-7-10-21/h5-7,9-10,13-17,19,23,26H,8,11-12,18,20H2,1-4H3. The molecule has 6 rings (SSSR count). The van der Waals surface area contributed by atoms with Gasteiger partial charge in [0.2, 0.25) is 0 Å². The van der Waals surface area contributed by atoms with Crippen molar-refractivity contribution in [3.8, 4) is 11.4 Å². The molecule has 4 heterocycles. The van der Waals surface area contributed by atoms with Gasteiger partial charge < -0.3 is 14.0 Å². The lowest BCUT2D eigenvalue weighted by Crippen LogP contribution is -2.51. The van der Waals surface area contributed by atoms with Crippen LogP contribution in [0.1, 0.15) is 62.9 Å². The van der Waals surface area contributed by atoms with E-state index in [1.54, 1.807) is 10.8 Å². The summed E-state index contributed by atoms with van der Waals surface area (Å²) in [6.45, 7) is 6.16. The first-order chi connectivity index (χ1) is 18.7. The Morgan fingerprint density at radius 2 is 1.82 bits per heavy atom. The van der Waals surface area contributed by atoms with E-state index in [9.17, 15) is 9.59 Å². The maximum Gasteiger partial charge on any atom is 0.411 e. The smallest absolute Gasteiger partial charge is 0.411 e. The average Bonchev–Trinajstić information content (AvgIpc) is 3.17. The molecule has 202 valence electrons. The van der Waals surface area contributed by atoms with Gasteiger partial charge in [-0.25, -0.2) is 4.79 Å². The summed E-state index contributed by atoms with van der Waals surface area (Å²) in [5.41, 5.74) is 4.72. The fourth-order valence-corrected chi connectivity index (χ4v) is 6.16. The fraction of sp³-hybridized carbons (Fsp3) is 0.375. The minimum absolute atomic E-state index is 0.000620. The molecule has 2 aliphatic rings. The summed E-state index contributed by atoms with van der Waals surface area (Å²) >= 11 is 0. The Hall–Kier alpha value is -4.00. The monoisotopic (exact) mass is 525 g/mol. The first-order valence-corrected chi connectivity index (χ1v) is 13.7. The van der Waals surface area contributed by atoms with Crippen molar-refractivity contribution in [2.45, 2.75) is 70.7 Å². The van der Waals surface area contributed by atoms with Crippen LogP contribution in [0, 0.1) is 0 Å². The molecule has 1 amide bonds. The molecule has 7 nitrogen and oxygen atoms in total. The number of aromatic nitrogens is 2. The highest BCUT2D eigenvalue weighted by atomic mass is 16.6. The second-order valence-corrected chi connectivity index (χ2v) is 11.7. The van der Waals surface area contributed by atoms with Gasteiger partial charge in [-0.2, -0.15) is 0 Å². The quantitative estimate of drug-likeness (QED) is 0.314. The zero-order valence-corrected chi connectivity index (χ0v) is 23.0. The number of ether oxygens (including phenoxy) is 2. The van der Waals surface area contributed by atoms with E-state index in [1.165, 1.54) is 17.3 Å². The predicted octanol–water partition coefficient (Wildman–Crippen LogP) is 6.30. The van der Waals surface area contributed by atoms with Crippen molar-refractivity contribution in [3.63, 3.8) is 0 Å². The lowest BCUT2D eigenvalue weighted by molar-refractivity contribution is -0.00973. The van der Waals surface area contributed by atoms with Crippen molar-refractivity contribution in [1.29, 1.82) is 0 Å². The second-order valence-electron chi connectivity index (χ2n) is 11.7. The van der Waals surface area contributed by atoms with Crippen LogP contribution in [-0.4, -0.2) is 31.8 Å². The normalized spacial score (nSPS) is 18.6. The Bertz CT molecular complexity index is 1600. The number of nitrogens with zero attached hydrogens (tertiary/aromatic N) is 3. The zero-order valence-electron chi connectivity index (χ0n) is 23.0. The van der Waals surface area contributed by atoms with E-state index >= 15 is 0 Å². The Kier molecular flexibility index (Phi) is 6.25. The van der Waals surface area contributed by atoms with Gasteiger partial charge in [-0.05, 0) is 63.8 Å². The molecule has 0 radical (unpaired) electrons. The highest BCUT2D eigenvalue weighted by Crippen LogP contribution is 2.46. The number of pyridine rings is 1. The maximum absolute atomic E-state index is 13.3.